The summed E-state index contributed by atoms with van der Waals surface area (Å²) in [5, 5.41) is 9.66. The van der Waals surface area contributed by atoms with Crippen LogP contribution in [0, 0.1) is 11.3 Å². The van der Waals surface area contributed by atoms with E-state index in [9.17, 15) is 4.79 Å². The standard InChI is InChI=1S/C14H14N4OS/c1-17-10-8-16-14(17)20-11-13(19)18(9-7-15)12-5-3-2-4-6-12/h2-6,8,10H,9,11H2,1H3. The Kier molecular flexibility index (Phi) is 4.80. The van der Waals surface area contributed by atoms with E-state index in [2.05, 4.69) is 4.98 Å². The fraction of sp³-hybridized carbons (Fsp3) is 0.214. The fourth-order valence-corrected chi connectivity index (χ4v) is 2.51. The van der Waals surface area contributed by atoms with Crippen molar-refractivity contribution in [3.63, 3.8) is 0 Å². The van der Waals surface area contributed by atoms with Crippen molar-refractivity contribution < 1.29 is 4.79 Å². The molecule has 2 rings (SSSR count). The molecule has 0 unspecified atom stereocenters. The van der Waals surface area contributed by atoms with Crippen LogP contribution in [0.4, 0.5) is 5.69 Å². The Labute approximate surface area is 121 Å². The van der Waals surface area contributed by atoms with Crippen LogP contribution in [0.2, 0.25) is 0 Å². The van der Waals surface area contributed by atoms with Crippen molar-refractivity contribution in [1.82, 2.24) is 9.55 Å². The van der Waals surface area contributed by atoms with Gasteiger partial charge in [-0.3, -0.25) is 9.69 Å². The maximum Gasteiger partial charge on any atom is 0.238 e. The van der Waals surface area contributed by atoms with Gasteiger partial charge < -0.3 is 4.57 Å². The number of amides is 1. The number of hydrogen-bond acceptors (Lipinski definition) is 4. The second-order valence-corrected chi connectivity index (χ2v) is 5.03. The highest BCUT2D eigenvalue weighted by molar-refractivity contribution is 7.99. The van der Waals surface area contributed by atoms with Gasteiger partial charge in [-0.05, 0) is 12.1 Å². The molecule has 0 saturated carbocycles. The van der Waals surface area contributed by atoms with Gasteiger partial charge in [0.05, 0.1) is 11.8 Å². The van der Waals surface area contributed by atoms with Crippen LogP contribution in [0.5, 0.6) is 0 Å². The van der Waals surface area contributed by atoms with Crippen LogP contribution in [0.1, 0.15) is 0 Å². The van der Waals surface area contributed by atoms with E-state index in [0.29, 0.717) is 0 Å². The molecule has 0 saturated heterocycles. The summed E-state index contributed by atoms with van der Waals surface area (Å²) in [4.78, 5) is 17.9. The topological polar surface area (TPSA) is 61.9 Å². The molecule has 0 aliphatic carbocycles. The number of aryl methyl sites for hydroxylation is 1. The summed E-state index contributed by atoms with van der Waals surface area (Å²) in [5.41, 5.74) is 0.736. The Hall–Kier alpha value is -2.26. The highest BCUT2D eigenvalue weighted by Crippen LogP contribution is 2.18. The van der Waals surface area contributed by atoms with Gasteiger partial charge in [-0.1, -0.05) is 30.0 Å². The quantitative estimate of drug-likeness (QED) is 0.623. The molecule has 0 fully saturated rings. The van der Waals surface area contributed by atoms with Gasteiger partial charge in [0.2, 0.25) is 5.91 Å². The predicted molar refractivity (Wildman–Crippen MR) is 78.3 cm³/mol. The van der Waals surface area contributed by atoms with Crippen molar-refractivity contribution in [1.29, 1.82) is 5.26 Å². The molecule has 0 spiro atoms. The van der Waals surface area contributed by atoms with Crippen LogP contribution >= 0.6 is 11.8 Å². The fourth-order valence-electron chi connectivity index (χ4n) is 1.70. The zero-order valence-corrected chi connectivity index (χ0v) is 11.9. The monoisotopic (exact) mass is 286 g/mol. The van der Waals surface area contributed by atoms with E-state index in [1.807, 2.05) is 54.2 Å². The maximum atomic E-state index is 12.3. The molecule has 0 radical (unpaired) electrons. The highest BCUT2D eigenvalue weighted by Gasteiger charge is 2.16. The maximum absolute atomic E-state index is 12.3. The van der Waals surface area contributed by atoms with Crippen molar-refractivity contribution in [3.05, 3.63) is 42.7 Å². The summed E-state index contributed by atoms with van der Waals surface area (Å²) in [6.07, 6.45) is 3.52. The number of benzene rings is 1. The Bertz CT molecular complexity index is 618. The molecule has 0 N–H and O–H groups in total. The van der Waals surface area contributed by atoms with E-state index in [4.69, 9.17) is 5.26 Å². The summed E-state index contributed by atoms with van der Waals surface area (Å²) in [6.45, 7) is 0.0456. The minimum absolute atomic E-state index is 0.0456. The molecule has 0 aliphatic heterocycles. The number of nitriles is 1. The van der Waals surface area contributed by atoms with Crippen LogP contribution in [0.3, 0.4) is 0 Å². The van der Waals surface area contributed by atoms with Crippen molar-refractivity contribution in [2.45, 2.75) is 5.16 Å². The van der Waals surface area contributed by atoms with Gasteiger partial charge in [-0.25, -0.2) is 4.98 Å². The van der Waals surface area contributed by atoms with Crippen LogP contribution in [-0.4, -0.2) is 27.8 Å². The average Bonchev–Trinajstić information content (AvgIpc) is 2.88. The number of aromatic nitrogens is 2. The molecule has 1 amide bonds. The number of hydrogen-bond donors (Lipinski definition) is 0. The third kappa shape index (κ3) is 3.39. The first-order valence-electron chi connectivity index (χ1n) is 6.05. The largest absolute Gasteiger partial charge is 0.329 e. The third-order valence-corrected chi connectivity index (χ3v) is 3.74. The molecule has 1 aromatic carbocycles. The Morgan fingerprint density at radius 2 is 2.20 bits per heavy atom. The van der Waals surface area contributed by atoms with Gasteiger partial charge >= 0.3 is 0 Å². The molecular formula is C14H14N4OS. The summed E-state index contributed by atoms with van der Waals surface area (Å²) in [5.74, 6) is 0.146. The van der Waals surface area contributed by atoms with Gasteiger partial charge in [-0.2, -0.15) is 5.26 Å². The molecular weight excluding hydrogens is 272 g/mol. The number of carbonyl (C=O) groups excluding carboxylic acids is 1. The van der Waals surface area contributed by atoms with Gasteiger partial charge in [0, 0.05) is 25.1 Å². The summed E-state index contributed by atoms with van der Waals surface area (Å²) < 4.78 is 1.86. The minimum Gasteiger partial charge on any atom is -0.329 e. The number of carbonyl (C=O) groups is 1. The molecule has 1 heterocycles. The number of imidazole rings is 1. The van der Waals surface area contributed by atoms with Gasteiger partial charge in [0.1, 0.15) is 6.54 Å². The average molecular weight is 286 g/mol. The van der Waals surface area contributed by atoms with Gasteiger partial charge in [0.25, 0.3) is 0 Å². The van der Waals surface area contributed by atoms with Crippen LogP contribution in [0.15, 0.2) is 47.9 Å². The lowest BCUT2D eigenvalue weighted by Gasteiger charge is -2.19. The summed E-state index contributed by atoms with van der Waals surface area (Å²) in [6, 6.07) is 11.2. The molecule has 0 atom stereocenters. The molecule has 5 nitrogen and oxygen atoms in total. The van der Waals surface area contributed by atoms with E-state index >= 15 is 0 Å². The predicted octanol–water partition coefficient (Wildman–Crippen LogP) is 2.07. The molecule has 102 valence electrons. The Balaban J connectivity index is 2.05. The van der Waals surface area contributed by atoms with Crippen LogP contribution < -0.4 is 4.90 Å². The first kappa shape index (κ1) is 14.2. The highest BCUT2D eigenvalue weighted by atomic mass is 32.2. The number of thioether (sulfide) groups is 1. The van der Waals surface area contributed by atoms with E-state index in [1.165, 1.54) is 16.7 Å². The van der Waals surface area contributed by atoms with Crippen molar-refractivity contribution in [2.75, 3.05) is 17.2 Å². The van der Waals surface area contributed by atoms with Crippen LogP contribution in [0.25, 0.3) is 0 Å². The van der Waals surface area contributed by atoms with E-state index in [0.717, 1.165) is 10.8 Å². The molecule has 1 aromatic heterocycles. The van der Waals surface area contributed by atoms with E-state index < -0.39 is 0 Å². The summed E-state index contributed by atoms with van der Waals surface area (Å²) >= 11 is 1.36. The zero-order chi connectivity index (χ0) is 14.4. The third-order valence-electron chi connectivity index (χ3n) is 2.70. The Morgan fingerprint density at radius 1 is 1.45 bits per heavy atom. The molecule has 6 heteroatoms. The van der Waals surface area contributed by atoms with Crippen molar-refractivity contribution >= 4 is 23.4 Å². The second kappa shape index (κ2) is 6.78. The number of rotatable bonds is 5. The lowest BCUT2D eigenvalue weighted by molar-refractivity contribution is -0.116. The molecule has 0 aliphatic rings. The number of anilines is 1. The summed E-state index contributed by atoms with van der Waals surface area (Å²) in [7, 11) is 1.88. The molecule has 0 bridgehead atoms. The van der Waals surface area contributed by atoms with E-state index in [1.54, 1.807) is 6.20 Å². The lowest BCUT2D eigenvalue weighted by Crippen LogP contribution is -2.32. The van der Waals surface area contributed by atoms with Crippen molar-refractivity contribution in [2.24, 2.45) is 7.05 Å². The smallest absolute Gasteiger partial charge is 0.238 e. The normalized spacial score (nSPS) is 10.0. The number of para-hydroxylation sites is 1. The number of nitrogens with zero attached hydrogens (tertiary/aromatic N) is 4. The zero-order valence-electron chi connectivity index (χ0n) is 11.1. The lowest BCUT2D eigenvalue weighted by atomic mass is 10.3. The minimum atomic E-state index is -0.106. The second-order valence-electron chi connectivity index (χ2n) is 4.08. The first-order chi connectivity index (χ1) is 9.72. The SMILES string of the molecule is Cn1ccnc1SCC(=O)N(CC#N)c1ccccc1. The molecule has 2 aromatic rings. The van der Waals surface area contributed by atoms with Crippen LogP contribution in [-0.2, 0) is 11.8 Å². The first-order valence-corrected chi connectivity index (χ1v) is 7.03. The Morgan fingerprint density at radius 3 is 2.80 bits per heavy atom. The van der Waals surface area contributed by atoms with Gasteiger partial charge in [-0.15, -0.1) is 0 Å². The van der Waals surface area contributed by atoms with Gasteiger partial charge in [0.15, 0.2) is 5.16 Å². The van der Waals surface area contributed by atoms with Crippen molar-refractivity contribution in [3.8, 4) is 6.07 Å². The van der Waals surface area contributed by atoms with E-state index in [-0.39, 0.29) is 18.2 Å². The molecule has 20 heavy (non-hydrogen) atoms.